The minimum Gasteiger partial charge on any atom is -0.391 e. The molecule has 8 nitrogen and oxygen atoms in total. The summed E-state index contributed by atoms with van der Waals surface area (Å²) in [5, 5.41) is 14.8. The average molecular weight is 520 g/mol. The van der Waals surface area contributed by atoms with Gasteiger partial charge in [-0.05, 0) is 52.3 Å². The molecule has 0 aliphatic carbocycles. The summed E-state index contributed by atoms with van der Waals surface area (Å²) >= 11 is 4.86. The summed E-state index contributed by atoms with van der Waals surface area (Å²) < 4.78 is 6.08. The van der Waals surface area contributed by atoms with Gasteiger partial charge < -0.3 is 25.0 Å². The number of aliphatic hydroxyl groups is 1. The molecule has 2 aliphatic heterocycles. The number of aliphatic hydroxyl groups excluding tert-OH is 1. The Balaban J connectivity index is 1.40. The Labute approximate surface area is 197 Å². The van der Waals surface area contributed by atoms with E-state index in [0.717, 1.165) is 15.0 Å². The molecule has 4 rings (SSSR count). The number of carbonyl (C=O) groups is 3. The van der Waals surface area contributed by atoms with Crippen molar-refractivity contribution in [1.82, 2.24) is 4.90 Å². The fourth-order valence-electron chi connectivity index (χ4n) is 3.71. The number of anilines is 2. The van der Waals surface area contributed by atoms with E-state index in [1.54, 1.807) is 35.2 Å². The summed E-state index contributed by atoms with van der Waals surface area (Å²) in [4.78, 5) is 41.5. The number of likely N-dealkylation sites (tertiary alicyclic amines) is 1. The first-order valence-corrected chi connectivity index (χ1v) is 11.8. The first-order chi connectivity index (χ1) is 15.4. The molecule has 0 spiro atoms. The molecular weight excluding hydrogens is 498 g/mol. The van der Waals surface area contributed by atoms with Crippen LogP contribution in [-0.4, -0.2) is 66.2 Å². The second-order valence-corrected chi connectivity index (χ2v) is 9.39. The quantitative estimate of drug-likeness (QED) is 0.591. The molecule has 2 fully saturated rings. The summed E-state index contributed by atoms with van der Waals surface area (Å²) in [6.45, 7) is 1.13. The number of morpholine rings is 1. The third kappa shape index (κ3) is 5.26. The Morgan fingerprint density at radius 3 is 2.75 bits per heavy atom. The SMILES string of the molecule is O=C(Nc1ccc(N2CCOCC2=O)cc1)[C@H]1C[C@@H](O)CN1C(=O)/C=C/c1cc(Br)cs1. The number of carbonyl (C=O) groups excluding carboxylic acids is 3. The second-order valence-electron chi connectivity index (χ2n) is 7.53. The van der Waals surface area contributed by atoms with E-state index in [-0.39, 0.29) is 37.3 Å². The maximum Gasteiger partial charge on any atom is 0.253 e. The molecule has 1 aromatic heterocycles. The molecule has 168 valence electrons. The zero-order valence-electron chi connectivity index (χ0n) is 17.1. The Morgan fingerprint density at radius 1 is 1.28 bits per heavy atom. The highest BCUT2D eigenvalue weighted by atomic mass is 79.9. The minimum atomic E-state index is -0.766. The number of hydrogen-bond acceptors (Lipinski definition) is 6. The Hall–Kier alpha value is -2.53. The van der Waals surface area contributed by atoms with Gasteiger partial charge in [-0.3, -0.25) is 14.4 Å². The van der Waals surface area contributed by atoms with Gasteiger partial charge in [-0.1, -0.05) is 0 Å². The van der Waals surface area contributed by atoms with E-state index in [1.807, 2.05) is 11.4 Å². The molecule has 1 aromatic carbocycles. The highest BCUT2D eigenvalue weighted by Gasteiger charge is 2.38. The number of ether oxygens (including phenoxy) is 1. The second kappa shape index (κ2) is 9.95. The molecule has 2 aromatic rings. The number of β-amino-alcohol motifs (C(OH)–C–C–N with tert-alkyl or cyclic N) is 1. The Morgan fingerprint density at radius 2 is 2.06 bits per heavy atom. The van der Waals surface area contributed by atoms with Crippen LogP contribution in [0.5, 0.6) is 0 Å². The van der Waals surface area contributed by atoms with Crippen LogP contribution in [0.4, 0.5) is 11.4 Å². The van der Waals surface area contributed by atoms with Crippen LogP contribution >= 0.6 is 27.3 Å². The van der Waals surface area contributed by atoms with Crippen LogP contribution in [-0.2, 0) is 19.1 Å². The number of benzene rings is 1. The van der Waals surface area contributed by atoms with Crippen LogP contribution in [0.15, 0.2) is 46.3 Å². The molecule has 10 heteroatoms. The van der Waals surface area contributed by atoms with E-state index in [1.165, 1.54) is 22.3 Å². The molecule has 2 N–H and O–H groups in total. The van der Waals surface area contributed by atoms with Crippen LogP contribution < -0.4 is 10.2 Å². The van der Waals surface area contributed by atoms with Gasteiger partial charge >= 0.3 is 0 Å². The summed E-state index contributed by atoms with van der Waals surface area (Å²) in [6, 6.07) is 8.06. The van der Waals surface area contributed by atoms with Gasteiger partial charge in [0.25, 0.3) is 5.91 Å². The molecule has 2 aliphatic rings. The molecule has 0 unspecified atom stereocenters. The lowest BCUT2D eigenvalue weighted by Crippen LogP contribution is -2.42. The number of rotatable bonds is 5. The summed E-state index contributed by atoms with van der Waals surface area (Å²) in [5.74, 6) is -0.796. The number of thiophene rings is 1. The molecule has 0 radical (unpaired) electrons. The smallest absolute Gasteiger partial charge is 0.253 e. The van der Waals surface area contributed by atoms with Gasteiger partial charge in [0.2, 0.25) is 11.8 Å². The van der Waals surface area contributed by atoms with Gasteiger partial charge in [0.1, 0.15) is 12.6 Å². The summed E-state index contributed by atoms with van der Waals surface area (Å²) in [7, 11) is 0. The van der Waals surface area contributed by atoms with E-state index in [2.05, 4.69) is 21.2 Å². The fraction of sp³-hybridized carbons (Fsp3) is 0.318. The van der Waals surface area contributed by atoms with E-state index in [0.29, 0.717) is 18.8 Å². The summed E-state index contributed by atoms with van der Waals surface area (Å²) in [5.41, 5.74) is 1.28. The maximum atomic E-state index is 12.9. The van der Waals surface area contributed by atoms with Crippen molar-refractivity contribution in [3.8, 4) is 0 Å². The monoisotopic (exact) mass is 519 g/mol. The molecule has 32 heavy (non-hydrogen) atoms. The topological polar surface area (TPSA) is 99.2 Å². The van der Waals surface area contributed by atoms with E-state index < -0.39 is 12.1 Å². The molecule has 2 saturated heterocycles. The normalized spacial score (nSPS) is 21.4. The minimum absolute atomic E-state index is 0.0601. The van der Waals surface area contributed by atoms with Gasteiger partial charge in [-0.25, -0.2) is 0 Å². The third-order valence-corrected chi connectivity index (χ3v) is 6.93. The van der Waals surface area contributed by atoms with E-state index >= 15 is 0 Å². The van der Waals surface area contributed by atoms with Crippen molar-refractivity contribution in [1.29, 1.82) is 0 Å². The predicted molar refractivity (Wildman–Crippen MR) is 125 cm³/mol. The third-order valence-electron chi connectivity index (χ3n) is 5.27. The van der Waals surface area contributed by atoms with Crippen molar-refractivity contribution in [2.45, 2.75) is 18.6 Å². The molecular formula is C22H22BrN3O5S. The summed E-state index contributed by atoms with van der Waals surface area (Å²) in [6.07, 6.45) is 2.54. The highest BCUT2D eigenvalue weighted by molar-refractivity contribution is 9.10. The van der Waals surface area contributed by atoms with Gasteiger partial charge in [0, 0.05) is 51.7 Å². The van der Waals surface area contributed by atoms with Crippen molar-refractivity contribution in [2.75, 3.05) is 36.5 Å². The van der Waals surface area contributed by atoms with Gasteiger partial charge in [-0.2, -0.15) is 0 Å². The van der Waals surface area contributed by atoms with Crippen molar-refractivity contribution < 1.29 is 24.2 Å². The Bertz CT molecular complexity index is 1040. The first-order valence-electron chi connectivity index (χ1n) is 10.1. The van der Waals surface area contributed by atoms with Crippen LogP contribution in [0.3, 0.4) is 0 Å². The largest absolute Gasteiger partial charge is 0.391 e. The molecule has 0 bridgehead atoms. The van der Waals surface area contributed by atoms with Crippen molar-refractivity contribution in [3.05, 3.63) is 51.1 Å². The molecule has 3 amide bonds. The average Bonchev–Trinajstić information content (AvgIpc) is 3.38. The molecule has 3 heterocycles. The van der Waals surface area contributed by atoms with Gasteiger partial charge in [-0.15, -0.1) is 11.3 Å². The van der Waals surface area contributed by atoms with Gasteiger partial charge in [0.05, 0.1) is 12.7 Å². The van der Waals surface area contributed by atoms with E-state index in [4.69, 9.17) is 4.74 Å². The van der Waals surface area contributed by atoms with Crippen molar-refractivity contribution >= 4 is 62.4 Å². The zero-order chi connectivity index (χ0) is 22.7. The van der Waals surface area contributed by atoms with Crippen LogP contribution in [0.2, 0.25) is 0 Å². The number of hydrogen-bond donors (Lipinski definition) is 2. The molecule has 0 saturated carbocycles. The Kier molecular flexibility index (Phi) is 7.04. The number of nitrogens with zero attached hydrogens (tertiary/aromatic N) is 2. The lowest BCUT2D eigenvalue weighted by atomic mass is 10.1. The highest BCUT2D eigenvalue weighted by Crippen LogP contribution is 2.24. The zero-order valence-corrected chi connectivity index (χ0v) is 19.5. The standard InChI is InChI=1S/C22H22BrN3O5S/c23-14-9-18(32-13-14)5-6-20(28)26-11-17(27)10-19(26)22(30)24-15-1-3-16(4-2-15)25-7-8-31-12-21(25)29/h1-6,9,13,17,19,27H,7-8,10-12H2,(H,24,30)/b6-5+/t17-,19-/m1/s1. The number of halogens is 1. The molecule has 2 atom stereocenters. The van der Waals surface area contributed by atoms with Crippen molar-refractivity contribution in [2.24, 2.45) is 0 Å². The van der Waals surface area contributed by atoms with Crippen LogP contribution in [0.25, 0.3) is 6.08 Å². The van der Waals surface area contributed by atoms with E-state index in [9.17, 15) is 19.5 Å². The van der Waals surface area contributed by atoms with Crippen LogP contribution in [0, 0.1) is 0 Å². The lowest BCUT2D eigenvalue weighted by Gasteiger charge is -2.27. The van der Waals surface area contributed by atoms with Gasteiger partial charge in [0.15, 0.2) is 0 Å². The fourth-order valence-corrected chi connectivity index (χ4v) is 5.05. The predicted octanol–water partition coefficient (Wildman–Crippen LogP) is 2.49. The first kappa shape index (κ1) is 22.7. The number of nitrogens with one attached hydrogen (secondary N) is 1. The number of amides is 3. The van der Waals surface area contributed by atoms with Crippen LogP contribution in [0.1, 0.15) is 11.3 Å². The van der Waals surface area contributed by atoms with Crippen molar-refractivity contribution in [3.63, 3.8) is 0 Å². The maximum absolute atomic E-state index is 12.9. The lowest BCUT2D eigenvalue weighted by molar-refractivity contribution is -0.132.